The van der Waals surface area contributed by atoms with Crippen LogP contribution in [0.2, 0.25) is 0 Å². The van der Waals surface area contributed by atoms with E-state index in [2.05, 4.69) is 26.2 Å². The number of nitrogens with one attached hydrogen (secondary N) is 1. The van der Waals surface area contributed by atoms with E-state index in [4.69, 9.17) is 11.6 Å². The van der Waals surface area contributed by atoms with Gasteiger partial charge in [0.1, 0.15) is 5.82 Å². The maximum absolute atomic E-state index is 5.58. The van der Waals surface area contributed by atoms with Gasteiger partial charge in [-0.1, -0.05) is 6.42 Å². The van der Waals surface area contributed by atoms with E-state index >= 15 is 0 Å². The van der Waals surface area contributed by atoms with E-state index in [0.717, 1.165) is 35.6 Å². The molecule has 4 heteroatoms. The lowest BCUT2D eigenvalue weighted by Gasteiger charge is -2.04. The van der Waals surface area contributed by atoms with Crippen LogP contribution in [0, 0.1) is 0 Å². The summed E-state index contributed by atoms with van der Waals surface area (Å²) in [5.41, 5.74) is 0. The van der Waals surface area contributed by atoms with Gasteiger partial charge < -0.3 is 5.32 Å². The van der Waals surface area contributed by atoms with Gasteiger partial charge in [-0.05, 0) is 40.9 Å². The Bertz CT molecular complexity index is 251. The first-order valence-corrected chi connectivity index (χ1v) is 6.07. The molecule has 0 aliphatic rings. The van der Waals surface area contributed by atoms with E-state index < -0.39 is 0 Å². The lowest BCUT2D eigenvalue weighted by molar-refractivity contribution is 0.746. The minimum atomic E-state index is 0.760. The highest BCUT2D eigenvalue weighted by Gasteiger charge is 1.93. The van der Waals surface area contributed by atoms with Crippen molar-refractivity contribution in [3.63, 3.8) is 0 Å². The molecule has 0 saturated heterocycles. The van der Waals surface area contributed by atoms with Crippen LogP contribution in [-0.2, 0) is 0 Å². The molecule has 0 fully saturated rings. The van der Waals surface area contributed by atoms with E-state index in [1.807, 2.05) is 12.1 Å². The molecule has 1 aromatic rings. The average molecular weight is 278 g/mol. The second-order valence-electron chi connectivity index (χ2n) is 3.04. The number of anilines is 1. The van der Waals surface area contributed by atoms with E-state index in [1.54, 1.807) is 6.20 Å². The fraction of sp³-hybridized carbons (Fsp3) is 0.500. The molecule has 0 unspecified atom stereocenters. The van der Waals surface area contributed by atoms with Crippen LogP contribution < -0.4 is 5.32 Å². The van der Waals surface area contributed by atoms with Gasteiger partial charge >= 0.3 is 0 Å². The molecule has 1 heterocycles. The summed E-state index contributed by atoms with van der Waals surface area (Å²) in [6, 6.07) is 3.94. The summed E-state index contributed by atoms with van der Waals surface area (Å²) < 4.78 is 1.00. The van der Waals surface area contributed by atoms with Crippen molar-refractivity contribution in [1.82, 2.24) is 4.98 Å². The molecule has 1 N–H and O–H groups in total. The Morgan fingerprint density at radius 2 is 2.14 bits per heavy atom. The molecular weight excluding hydrogens is 263 g/mol. The van der Waals surface area contributed by atoms with Crippen LogP contribution in [0.4, 0.5) is 5.82 Å². The van der Waals surface area contributed by atoms with Gasteiger partial charge in [0.25, 0.3) is 0 Å². The fourth-order valence-electron chi connectivity index (χ4n) is 1.09. The zero-order valence-corrected chi connectivity index (χ0v) is 10.3. The van der Waals surface area contributed by atoms with Crippen molar-refractivity contribution in [1.29, 1.82) is 0 Å². The Balaban J connectivity index is 2.15. The monoisotopic (exact) mass is 276 g/mol. The molecule has 0 amide bonds. The molecule has 2 nitrogen and oxygen atoms in total. The van der Waals surface area contributed by atoms with Gasteiger partial charge in [0.15, 0.2) is 0 Å². The summed E-state index contributed by atoms with van der Waals surface area (Å²) >= 11 is 8.92. The normalized spacial score (nSPS) is 10.1. The number of nitrogens with zero attached hydrogens (tertiary/aromatic N) is 1. The third kappa shape index (κ3) is 4.82. The number of rotatable bonds is 6. The van der Waals surface area contributed by atoms with Gasteiger partial charge in [-0.2, -0.15) is 0 Å². The van der Waals surface area contributed by atoms with Crippen molar-refractivity contribution < 1.29 is 0 Å². The summed E-state index contributed by atoms with van der Waals surface area (Å²) in [5.74, 6) is 1.69. The number of halogens is 2. The Morgan fingerprint density at radius 3 is 2.79 bits per heavy atom. The smallest absolute Gasteiger partial charge is 0.125 e. The van der Waals surface area contributed by atoms with Gasteiger partial charge in [0.05, 0.1) is 0 Å². The van der Waals surface area contributed by atoms with Gasteiger partial charge in [-0.25, -0.2) is 4.98 Å². The summed E-state index contributed by atoms with van der Waals surface area (Å²) in [6.45, 7) is 0.964. The second kappa shape index (κ2) is 7.07. The van der Waals surface area contributed by atoms with Gasteiger partial charge in [-0.15, -0.1) is 11.6 Å². The molecule has 1 rings (SSSR count). The van der Waals surface area contributed by atoms with Crippen molar-refractivity contribution in [2.75, 3.05) is 17.7 Å². The largest absolute Gasteiger partial charge is 0.370 e. The van der Waals surface area contributed by atoms with Crippen LogP contribution in [0.1, 0.15) is 19.3 Å². The lowest BCUT2D eigenvalue weighted by Crippen LogP contribution is -2.02. The molecule has 78 valence electrons. The van der Waals surface area contributed by atoms with E-state index in [9.17, 15) is 0 Å². The topological polar surface area (TPSA) is 24.9 Å². The number of alkyl halides is 1. The van der Waals surface area contributed by atoms with Crippen LogP contribution in [0.15, 0.2) is 22.8 Å². The highest BCUT2D eigenvalue weighted by atomic mass is 79.9. The van der Waals surface area contributed by atoms with E-state index in [0.29, 0.717) is 0 Å². The number of hydrogen-bond donors (Lipinski definition) is 1. The van der Waals surface area contributed by atoms with E-state index in [-0.39, 0.29) is 0 Å². The first kappa shape index (κ1) is 11.8. The van der Waals surface area contributed by atoms with Gasteiger partial charge in [0.2, 0.25) is 0 Å². The molecule has 0 aliphatic carbocycles. The number of hydrogen-bond acceptors (Lipinski definition) is 2. The Labute approximate surface area is 98.2 Å². The molecule has 0 aromatic carbocycles. The molecular formula is C10H14BrClN2. The quantitative estimate of drug-likeness (QED) is 0.634. The first-order valence-electron chi connectivity index (χ1n) is 4.74. The maximum Gasteiger partial charge on any atom is 0.125 e. The maximum atomic E-state index is 5.58. The number of aromatic nitrogens is 1. The summed E-state index contributed by atoms with van der Waals surface area (Å²) in [5, 5.41) is 3.26. The van der Waals surface area contributed by atoms with Crippen LogP contribution in [0.3, 0.4) is 0 Å². The molecule has 0 radical (unpaired) electrons. The van der Waals surface area contributed by atoms with Crippen molar-refractivity contribution >= 4 is 33.3 Å². The standard InChI is InChI=1S/C10H14BrClN2/c11-9-4-5-10(14-8-9)13-7-3-1-2-6-12/h4-5,8H,1-3,6-7H2,(H,13,14). The molecule has 1 aromatic heterocycles. The third-order valence-electron chi connectivity index (χ3n) is 1.84. The third-order valence-corrected chi connectivity index (χ3v) is 2.58. The molecule has 0 bridgehead atoms. The van der Waals surface area contributed by atoms with E-state index in [1.165, 1.54) is 6.42 Å². The first-order chi connectivity index (χ1) is 6.83. The number of unbranched alkanes of at least 4 members (excludes halogenated alkanes) is 2. The summed E-state index contributed by atoms with van der Waals surface area (Å²) in [7, 11) is 0. The SMILES string of the molecule is ClCCCCCNc1ccc(Br)cn1. The van der Waals surface area contributed by atoms with Crippen molar-refractivity contribution in [3.8, 4) is 0 Å². The minimum Gasteiger partial charge on any atom is -0.370 e. The molecule has 0 aliphatic heterocycles. The Hall–Kier alpha value is -0.280. The molecule has 0 saturated carbocycles. The summed E-state index contributed by atoms with van der Waals surface area (Å²) in [6.07, 6.45) is 5.20. The van der Waals surface area contributed by atoms with Crippen LogP contribution in [-0.4, -0.2) is 17.4 Å². The van der Waals surface area contributed by atoms with Crippen LogP contribution in [0.5, 0.6) is 0 Å². The fourth-order valence-corrected chi connectivity index (χ4v) is 1.52. The Kier molecular flexibility index (Phi) is 5.96. The van der Waals surface area contributed by atoms with Crippen molar-refractivity contribution in [2.24, 2.45) is 0 Å². The zero-order chi connectivity index (χ0) is 10.2. The molecule has 0 atom stereocenters. The minimum absolute atomic E-state index is 0.760. The van der Waals surface area contributed by atoms with Crippen molar-refractivity contribution in [2.45, 2.75) is 19.3 Å². The van der Waals surface area contributed by atoms with Gasteiger partial charge in [-0.3, -0.25) is 0 Å². The second-order valence-corrected chi connectivity index (χ2v) is 4.33. The molecule has 14 heavy (non-hydrogen) atoms. The van der Waals surface area contributed by atoms with Crippen LogP contribution in [0.25, 0.3) is 0 Å². The summed E-state index contributed by atoms with van der Waals surface area (Å²) in [4.78, 5) is 4.21. The predicted octanol–water partition coefficient (Wildman–Crippen LogP) is 3.67. The molecule has 0 spiro atoms. The zero-order valence-electron chi connectivity index (χ0n) is 7.97. The average Bonchev–Trinajstić information content (AvgIpc) is 2.21. The predicted molar refractivity (Wildman–Crippen MR) is 65.0 cm³/mol. The lowest BCUT2D eigenvalue weighted by atomic mass is 10.2. The van der Waals surface area contributed by atoms with Crippen LogP contribution >= 0.6 is 27.5 Å². The highest BCUT2D eigenvalue weighted by Crippen LogP contribution is 2.10. The Morgan fingerprint density at radius 1 is 1.29 bits per heavy atom. The highest BCUT2D eigenvalue weighted by molar-refractivity contribution is 9.10. The number of pyridine rings is 1. The van der Waals surface area contributed by atoms with Gasteiger partial charge in [0, 0.05) is 23.1 Å². The van der Waals surface area contributed by atoms with Crippen molar-refractivity contribution in [3.05, 3.63) is 22.8 Å².